The summed E-state index contributed by atoms with van der Waals surface area (Å²) in [7, 11) is 0. The zero-order valence-electron chi connectivity index (χ0n) is 13.4. The van der Waals surface area contributed by atoms with Crippen molar-refractivity contribution < 1.29 is 0 Å². The zero-order valence-corrected chi connectivity index (χ0v) is 13.4. The number of rotatable bonds is 6. The topological polar surface area (TPSA) is 12.0 Å². The maximum absolute atomic E-state index is 3.66. The van der Waals surface area contributed by atoms with E-state index < -0.39 is 0 Å². The van der Waals surface area contributed by atoms with Gasteiger partial charge >= 0.3 is 0 Å². The van der Waals surface area contributed by atoms with Gasteiger partial charge < -0.3 is 5.32 Å². The van der Waals surface area contributed by atoms with Crippen LogP contribution in [-0.4, -0.2) is 12.6 Å². The SMILES string of the molecule is CC1CCC(CNC(C)C)C(CCc2ccccc2)C1. The van der Waals surface area contributed by atoms with Crippen LogP contribution in [0.2, 0.25) is 0 Å². The fourth-order valence-corrected chi connectivity index (χ4v) is 3.57. The van der Waals surface area contributed by atoms with Crippen molar-refractivity contribution in [1.82, 2.24) is 5.32 Å². The van der Waals surface area contributed by atoms with Gasteiger partial charge in [0.1, 0.15) is 0 Å². The third-order valence-electron chi connectivity index (χ3n) is 4.84. The van der Waals surface area contributed by atoms with Crippen molar-refractivity contribution >= 4 is 0 Å². The standard InChI is InChI=1S/C19H31N/c1-15(2)20-14-19-11-9-16(3)13-18(19)12-10-17-7-5-4-6-8-17/h4-8,15-16,18-20H,9-14H2,1-3H3. The summed E-state index contributed by atoms with van der Waals surface area (Å²) in [5.41, 5.74) is 1.50. The molecule has 20 heavy (non-hydrogen) atoms. The molecule has 1 aromatic rings. The fraction of sp³-hybridized carbons (Fsp3) is 0.684. The molecule has 0 spiro atoms. The van der Waals surface area contributed by atoms with Gasteiger partial charge in [0.2, 0.25) is 0 Å². The smallest absolute Gasteiger partial charge is 0.00104 e. The molecule has 0 aliphatic heterocycles. The Kier molecular flexibility index (Phi) is 6.09. The van der Waals surface area contributed by atoms with Gasteiger partial charge in [-0.1, -0.05) is 57.5 Å². The monoisotopic (exact) mass is 273 g/mol. The van der Waals surface area contributed by atoms with Crippen LogP contribution in [0.15, 0.2) is 30.3 Å². The van der Waals surface area contributed by atoms with Gasteiger partial charge in [-0.3, -0.25) is 0 Å². The number of aryl methyl sites for hydroxylation is 1. The molecule has 1 aliphatic carbocycles. The molecule has 0 radical (unpaired) electrons. The largest absolute Gasteiger partial charge is 0.314 e. The second kappa shape index (κ2) is 7.83. The zero-order chi connectivity index (χ0) is 14.4. The summed E-state index contributed by atoms with van der Waals surface area (Å²) < 4.78 is 0. The van der Waals surface area contributed by atoms with Crippen LogP contribution in [0.25, 0.3) is 0 Å². The Hall–Kier alpha value is -0.820. The first-order valence-electron chi connectivity index (χ1n) is 8.42. The van der Waals surface area contributed by atoms with Gasteiger partial charge in [0.05, 0.1) is 0 Å². The van der Waals surface area contributed by atoms with E-state index in [1.165, 1.54) is 44.2 Å². The Morgan fingerprint density at radius 2 is 1.85 bits per heavy atom. The van der Waals surface area contributed by atoms with Crippen molar-refractivity contribution in [2.75, 3.05) is 6.54 Å². The van der Waals surface area contributed by atoms with Gasteiger partial charge in [-0.15, -0.1) is 0 Å². The van der Waals surface area contributed by atoms with Crippen LogP contribution in [0, 0.1) is 17.8 Å². The van der Waals surface area contributed by atoms with Crippen molar-refractivity contribution in [1.29, 1.82) is 0 Å². The van der Waals surface area contributed by atoms with E-state index >= 15 is 0 Å². The van der Waals surface area contributed by atoms with Gasteiger partial charge in [-0.05, 0) is 55.5 Å². The molecule has 2 rings (SSSR count). The molecule has 0 saturated heterocycles. The quantitative estimate of drug-likeness (QED) is 0.794. The van der Waals surface area contributed by atoms with Crippen LogP contribution in [-0.2, 0) is 6.42 Å². The molecule has 0 aromatic heterocycles. The molecular weight excluding hydrogens is 242 g/mol. The summed E-state index contributed by atoms with van der Waals surface area (Å²) in [6, 6.07) is 11.6. The van der Waals surface area contributed by atoms with Crippen molar-refractivity contribution in [2.24, 2.45) is 17.8 Å². The van der Waals surface area contributed by atoms with Crippen LogP contribution in [0.3, 0.4) is 0 Å². The predicted molar refractivity (Wildman–Crippen MR) is 87.9 cm³/mol. The lowest BCUT2D eigenvalue weighted by Crippen LogP contribution is -2.35. The van der Waals surface area contributed by atoms with Gasteiger partial charge in [-0.25, -0.2) is 0 Å². The van der Waals surface area contributed by atoms with Crippen LogP contribution in [0.5, 0.6) is 0 Å². The van der Waals surface area contributed by atoms with Gasteiger partial charge in [0.25, 0.3) is 0 Å². The summed E-state index contributed by atoms with van der Waals surface area (Å²) in [4.78, 5) is 0. The predicted octanol–water partition coefficient (Wildman–Crippen LogP) is 4.67. The molecule has 1 saturated carbocycles. The first kappa shape index (κ1) is 15.6. The molecule has 1 N–H and O–H groups in total. The Balaban J connectivity index is 1.87. The number of nitrogens with one attached hydrogen (secondary N) is 1. The maximum Gasteiger partial charge on any atom is 0.00104 e. The molecule has 0 bridgehead atoms. The molecule has 1 heteroatoms. The van der Waals surface area contributed by atoms with E-state index in [9.17, 15) is 0 Å². The molecular formula is C19H31N. The molecule has 1 nitrogen and oxygen atoms in total. The highest BCUT2D eigenvalue weighted by Crippen LogP contribution is 2.36. The highest BCUT2D eigenvalue weighted by Gasteiger charge is 2.28. The van der Waals surface area contributed by atoms with Crippen LogP contribution in [0.1, 0.15) is 52.0 Å². The first-order chi connectivity index (χ1) is 9.65. The minimum absolute atomic E-state index is 0.615. The second-order valence-corrected chi connectivity index (χ2v) is 7.03. The Morgan fingerprint density at radius 3 is 2.55 bits per heavy atom. The molecule has 1 aromatic carbocycles. The summed E-state index contributed by atoms with van der Waals surface area (Å²) in [5, 5.41) is 3.66. The third-order valence-corrected chi connectivity index (χ3v) is 4.84. The van der Waals surface area contributed by atoms with E-state index in [0.29, 0.717) is 6.04 Å². The second-order valence-electron chi connectivity index (χ2n) is 7.03. The maximum atomic E-state index is 3.66. The van der Waals surface area contributed by atoms with Gasteiger partial charge in [-0.2, -0.15) is 0 Å². The third kappa shape index (κ3) is 4.94. The Morgan fingerprint density at radius 1 is 1.10 bits per heavy atom. The Bertz CT molecular complexity index is 371. The highest BCUT2D eigenvalue weighted by molar-refractivity contribution is 5.14. The number of benzene rings is 1. The first-order valence-corrected chi connectivity index (χ1v) is 8.42. The van der Waals surface area contributed by atoms with Gasteiger partial charge in [0.15, 0.2) is 0 Å². The molecule has 0 amide bonds. The van der Waals surface area contributed by atoms with E-state index in [0.717, 1.165) is 17.8 Å². The molecule has 3 atom stereocenters. The molecule has 1 aliphatic rings. The number of hydrogen-bond acceptors (Lipinski definition) is 1. The van der Waals surface area contributed by atoms with Crippen molar-refractivity contribution in [3.8, 4) is 0 Å². The average Bonchev–Trinajstić information content (AvgIpc) is 2.45. The Labute approximate surface area is 125 Å². The lowest BCUT2D eigenvalue weighted by Gasteiger charge is -2.35. The summed E-state index contributed by atoms with van der Waals surface area (Å²) in [6.07, 6.45) is 6.87. The van der Waals surface area contributed by atoms with E-state index in [1.807, 2.05) is 0 Å². The van der Waals surface area contributed by atoms with Crippen LogP contribution >= 0.6 is 0 Å². The van der Waals surface area contributed by atoms with Crippen LogP contribution < -0.4 is 5.32 Å². The van der Waals surface area contributed by atoms with Crippen molar-refractivity contribution in [3.05, 3.63) is 35.9 Å². The minimum atomic E-state index is 0.615. The van der Waals surface area contributed by atoms with E-state index in [-0.39, 0.29) is 0 Å². The van der Waals surface area contributed by atoms with E-state index in [2.05, 4.69) is 56.4 Å². The molecule has 1 fully saturated rings. The highest BCUT2D eigenvalue weighted by atomic mass is 14.9. The molecule has 3 unspecified atom stereocenters. The van der Waals surface area contributed by atoms with Gasteiger partial charge in [0, 0.05) is 6.04 Å². The summed E-state index contributed by atoms with van der Waals surface area (Å²) in [6.45, 7) is 8.15. The van der Waals surface area contributed by atoms with Crippen molar-refractivity contribution in [2.45, 2.75) is 58.9 Å². The normalized spacial score (nSPS) is 26.9. The molecule has 0 heterocycles. The summed E-state index contributed by atoms with van der Waals surface area (Å²) >= 11 is 0. The minimum Gasteiger partial charge on any atom is -0.314 e. The van der Waals surface area contributed by atoms with Crippen molar-refractivity contribution in [3.63, 3.8) is 0 Å². The van der Waals surface area contributed by atoms with E-state index in [1.54, 1.807) is 0 Å². The fourth-order valence-electron chi connectivity index (χ4n) is 3.57. The van der Waals surface area contributed by atoms with E-state index in [4.69, 9.17) is 0 Å². The van der Waals surface area contributed by atoms with Crippen LogP contribution in [0.4, 0.5) is 0 Å². The summed E-state index contributed by atoms with van der Waals surface area (Å²) in [5.74, 6) is 2.72. The number of hydrogen-bond donors (Lipinski definition) is 1. The lowest BCUT2D eigenvalue weighted by molar-refractivity contribution is 0.172. The molecule has 112 valence electrons. The average molecular weight is 273 g/mol. The lowest BCUT2D eigenvalue weighted by atomic mass is 9.72.